The number of hydrogen-bond donors (Lipinski definition) is 2. The van der Waals surface area contributed by atoms with Crippen LogP contribution in [-0.4, -0.2) is 39.4 Å². The van der Waals surface area contributed by atoms with Crippen LogP contribution in [0.5, 0.6) is 11.5 Å². The number of hydrogen-bond acceptors (Lipinski definition) is 4. The van der Waals surface area contributed by atoms with Crippen molar-refractivity contribution >= 4 is 11.6 Å². The second-order valence-electron chi connectivity index (χ2n) is 3.83. The summed E-state index contributed by atoms with van der Waals surface area (Å²) in [7, 11) is 2.89. The fraction of sp³-hybridized carbons (Fsp3) is 0.417. The van der Waals surface area contributed by atoms with Gasteiger partial charge in [0, 0.05) is 6.07 Å². The van der Waals surface area contributed by atoms with Crippen molar-refractivity contribution in [2.24, 2.45) is 0 Å². The van der Waals surface area contributed by atoms with Gasteiger partial charge in [-0.2, -0.15) is 13.2 Å². The van der Waals surface area contributed by atoms with Crippen LogP contribution in [0.25, 0.3) is 0 Å². The number of carbonyl (C=O) groups is 1. The van der Waals surface area contributed by atoms with Crippen LogP contribution >= 0.6 is 0 Å². The third kappa shape index (κ3) is 5.35. The Morgan fingerprint density at radius 2 is 1.95 bits per heavy atom. The van der Waals surface area contributed by atoms with E-state index in [1.54, 1.807) is 18.2 Å². The molecule has 0 heterocycles. The molecule has 0 fully saturated rings. The highest BCUT2D eigenvalue weighted by molar-refractivity contribution is 5.93. The average molecular weight is 292 g/mol. The summed E-state index contributed by atoms with van der Waals surface area (Å²) in [5, 5.41) is 4.45. The first kappa shape index (κ1) is 16.1. The number of rotatable bonds is 6. The Bertz CT molecular complexity index is 464. The smallest absolute Gasteiger partial charge is 0.401 e. The molecule has 0 saturated heterocycles. The molecule has 8 heteroatoms. The molecule has 5 nitrogen and oxygen atoms in total. The van der Waals surface area contributed by atoms with Gasteiger partial charge in [-0.3, -0.25) is 4.79 Å². The lowest BCUT2D eigenvalue weighted by Crippen LogP contribution is -2.35. The molecule has 0 unspecified atom stereocenters. The maximum atomic E-state index is 11.9. The Morgan fingerprint density at radius 1 is 1.25 bits per heavy atom. The molecule has 0 aromatic heterocycles. The maximum absolute atomic E-state index is 11.9. The minimum absolute atomic E-state index is 0.354. The third-order valence-corrected chi connectivity index (χ3v) is 2.29. The van der Waals surface area contributed by atoms with Gasteiger partial charge in [0.2, 0.25) is 5.91 Å². The van der Waals surface area contributed by atoms with Crippen LogP contribution in [0.3, 0.4) is 0 Å². The van der Waals surface area contributed by atoms with E-state index in [0.29, 0.717) is 17.2 Å². The van der Waals surface area contributed by atoms with Crippen LogP contribution in [0, 0.1) is 0 Å². The highest BCUT2D eigenvalue weighted by Crippen LogP contribution is 2.28. The van der Waals surface area contributed by atoms with E-state index < -0.39 is 25.2 Å². The van der Waals surface area contributed by atoms with Gasteiger partial charge in [-0.1, -0.05) is 0 Å². The first-order chi connectivity index (χ1) is 9.35. The number of anilines is 1. The van der Waals surface area contributed by atoms with Crippen molar-refractivity contribution in [3.8, 4) is 11.5 Å². The summed E-state index contributed by atoms with van der Waals surface area (Å²) in [5.74, 6) is 0.293. The number of ether oxygens (including phenoxy) is 2. The van der Waals surface area contributed by atoms with E-state index in [2.05, 4.69) is 5.32 Å². The Kier molecular flexibility index (Phi) is 5.63. The van der Waals surface area contributed by atoms with Gasteiger partial charge in [-0.15, -0.1) is 0 Å². The summed E-state index contributed by atoms with van der Waals surface area (Å²) < 4.78 is 45.8. The molecule has 2 N–H and O–H groups in total. The molecule has 0 aliphatic rings. The summed E-state index contributed by atoms with van der Waals surface area (Å²) in [4.78, 5) is 11.5. The van der Waals surface area contributed by atoms with Crippen LogP contribution in [0.1, 0.15) is 0 Å². The molecule has 0 spiro atoms. The zero-order valence-corrected chi connectivity index (χ0v) is 11.0. The molecule has 0 saturated carbocycles. The number of carbonyl (C=O) groups excluding carboxylic acids is 1. The Hall–Kier alpha value is -1.96. The van der Waals surface area contributed by atoms with E-state index in [1.807, 2.05) is 5.32 Å². The molecule has 0 atom stereocenters. The highest BCUT2D eigenvalue weighted by Gasteiger charge is 2.26. The minimum Gasteiger partial charge on any atom is -0.497 e. The van der Waals surface area contributed by atoms with Crippen molar-refractivity contribution in [2.45, 2.75) is 6.18 Å². The molecular weight excluding hydrogens is 277 g/mol. The van der Waals surface area contributed by atoms with Crippen LogP contribution in [0.15, 0.2) is 18.2 Å². The molecule has 1 rings (SSSR count). The first-order valence-corrected chi connectivity index (χ1v) is 5.65. The number of amides is 1. The van der Waals surface area contributed by atoms with Gasteiger partial charge in [0.15, 0.2) is 0 Å². The van der Waals surface area contributed by atoms with Crippen LogP contribution in [-0.2, 0) is 4.79 Å². The van der Waals surface area contributed by atoms with Gasteiger partial charge in [-0.25, -0.2) is 0 Å². The first-order valence-electron chi connectivity index (χ1n) is 5.65. The highest BCUT2D eigenvalue weighted by atomic mass is 19.4. The van der Waals surface area contributed by atoms with Crippen molar-refractivity contribution in [2.75, 3.05) is 32.6 Å². The third-order valence-electron chi connectivity index (χ3n) is 2.29. The van der Waals surface area contributed by atoms with E-state index in [4.69, 9.17) is 9.47 Å². The van der Waals surface area contributed by atoms with E-state index in [9.17, 15) is 18.0 Å². The molecule has 112 valence electrons. The summed E-state index contributed by atoms with van der Waals surface area (Å²) in [5.41, 5.74) is 0.354. The minimum atomic E-state index is -4.35. The molecule has 0 radical (unpaired) electrons. The molecule has 1 aromatic carbocycles. The fourth-order valence-electron chi connectivity index (χ4n) is 1.41. The summed E-state index contributed by atoms with van der Waals surface area (Å²) in [6.45, 7) is -1.67. The van der Waals surface area contributed by atoms with E-state index in [0.717, 1.165) is 0 Å². The normalized spacial score (nSPS) is 11.1. The molecule has 1 aromatic rings. The topological polar surface area (TPSA) is 59.6 Å². The molecule has 20 heavy (non-hydrogen) atoms. The summed E-state index contributed by atoms with van der Waals surface area (Å²) >= 11 is 0. The second-order valence-corrected chi connectivity index (χ2v) is 3.83. The lowest BCUT2D eigenvalue weighted by atomic mass is 10.2. The average Bonchev–Trinajstić information content (AvgIpc) is 2.37. The summed E-state index contributed by atoms with van der Waals surface area (Å²) in [6.07, 6.45) is -4.35. The maximum Gasteiger partial charge on any atom is 0.401 e. The monoisotopic (exact) mass is 292 g/mol. The predicted molar refractivity (Wildman–Crippen MR) is 67.1 cm³/mol. The molecule has 0 aliphatic heterocycles. The quantitative estimate of drug-likeness (QED) is 0.839. The number of alkyl halides is 3. The Morgan fingerprint density at radius 3 is 2.50 bits per heavy atom. The fourth-order valence-corrected chi connectivity index (χ4v) is 1.41. The molecule has 0 aliphatic carbocycles. The lowest BCUT2D eigenvalue weighted by Gasteiger charge is -2.12. The Balaban J connectivity index is 2.57. The van der Waals surface area contributed by atoms with Crippen molar-refractivity contribution in [1.29, 1.82) is 0 Å². The van der Waals surface area contributed by atoms with Gasteiger partial charge < -0.3 is 20.1 Å². The predicted octanol–water partition coefficient (Wildman–Crippen LogP) is 1.79. The number of benzene rings is 1. The van der Waals surface area contributed by atoms with Crippen molar-refractivity contribution < 1.29 is 27.4 Å². The standard InChI is InChI=1S/C12H15F3N2O3/c1-19-8-3-4-9(10(5-8)20-2)17-11(18)6-16-7-12(13,14)15/h3-5,16H,6-7H2,1-2H3,(H,17,18). The van der Waals surface area contributed by atoms with Crippen LogP contribution in [0.4, 0.5) is 18.9 Å². The number of methoxy groups -OCH3 is 2. The van der Waals surface area contributed by atoms with E-state index >= 15 is 0 Å². The van der Waals surface area contributed by atoms with Crippen LogP contribution in [0.2, 0.25) is 0 Å². The molecule has 0 bridgehead atoms. The van der Waals surface area contributed by atoms with Crippen molar-refractivity contribution in [1.82, 2.24) is 5.32 Å². The Labute approximate surface area is 114 Å². The van der Waals surface area contributed by atoms with Gasteiger partial charge in [0.05, 0.1) is 33.0 Å². The van der Waals surface area contributed by atoms with E-state index in [-0.39, 0.29) is 0 Å². The van der Waals surface area contributed by atoms with E-state index in [1.165, 1.54) is 14.2 Å². The number of halogens is 3. The van der Waals surface area contributed by atoms with Crippen LogP contribution < -0.4 is 20.1 Å². The van der Waals surface area contributed by atoms with Crippen molar-refractivity contribution in [3.05, 3.63) is 18.2 Å². The zero-order valence-electron chi connectivity index (χ0n) is 11.0. The number of nitrogens with one attached hydrogen (secondary N) is 2. The van der Waals surface area contributed by atoms with Crippen molar-refractivity contribution in [3.63, 3.8) is 0 Å². The molecule has 1 amide bonds. The van der Waals surface area contributed by atoms with Gasteiger partial charge in [0.25, 0.3) is 0 Å². The largest absolute Gasteiger partial charge is 0.497 e. The SMILES string of the molecule is COc1ccc(NC(=O)CNCC(F)(F)F)c(OC)c1. The summed E-state index contributed by atoms with van der Waals surface area (Å²) in [6, 6.07) is 4.69. The van der Waals surface area contributed by atoms with Gasteiger partial charge in [0.1, 0.15) is 11.5 Å². The lowest BCUT2D eigenvalue weighted by molar-refractivity contribution is -0.126. The van der Waals surface area contributed by atoms with Gasteiger partial charge in [-0.05, 0) is 12.1 Å². The second kappa shape index (κ2) is 6.99. The zero-order chi connectivity index (χ0) is 15.2. The van der Waals surface area contributed by atoms with Gasteiger partial charge >= 0.3 is 6.18 Å². The molecular formula is C12H15F3N2O3.